The number of benzene rings is 1. The summed E-state index contributed by atoms with van der Waals surface area (Å²) >= 11 is 0. The highest BCUT2D eigenvalue weighted by atomic mass is 16.5. The smallest absolute Gasteiger partial charge is 0.332 e. The summed E-state index contributed by atoms with van der Waals surface area (Å²) in [6, 6.07) is 8.21. The van der Waals surface area contributed by atoms with Gasteiger partial charge < -0.3 is 9.84 Å². The van der Waals surface area contributed by atoms with Gasteiger partial charge >= 0.3 is 5.97 Å². The molecular weight excluding hydrogens is 228 g/mol. The lowest BCUT2D eigenvalue weighted by atomic mass is 10.1. The Bertz CT molecular complexity index is 357. The van der Waals surface area contributed by atoms with Gasteiger partial charge in [0, 0.05) is 0 Å². The van der Waals surface area contributed by atoms with Crippen LogP contribution in [0, 0.1) is 0 Å². The number of hydrogen-bond donors (Lipinski definition) is 1. The number of aliphatic carboxylic acids is 1. The first kappa shape index (κ1) is 14.7. The van der Waals surface area contributed by atoms with Gasteiger partial charge in [-0.2, -0.15) is 0 Å². The van der Waals surface area contributed by atoms with Gasteiger partial charge in [-0.3, -0.25) is 0 Å². The first-order valence-electron chi connectivity index (χ1n) is 6.59. The van der Waals surface area contributed by atoms with Crippen molar-refractivity contribution in [3.05, 3.63) is 35.4 Å². The van der Waals surface area contributed by atoms with Gasteiger partial charge in [0.25, 0.3) is 0 Å². The van der Waals surface area contributed by atoms with E-state index in [-0.39, 0.29) is 0 Å². The molecule has 0 aliphatic rings. The number of ether oxygens (including phenoxy) is 1. The Kier molecular flexibility index (Phi) is 6.44. The Morgan fingerprint density at radius 1 is 1.22 bits per heavy atom. The van der Waals surface area contributed by atoms with Crippen molar-refractivity contribution in [1.29, 1.82) is 0 Å². The van der Waals surface area contributed by atoms with Crippen LogP contribution in [-0.2, 0) is 22.6 Å². The van der Waals surface area contributed by atoms with Crippen molar-refractivity contribution >= 4 is 5.97 Å². The van der Waals surface area contributed by atoms with Crippen molar-refractivity contribution in [3.8, 4) is 0 Å². The van der Waals surface area contributed by atoms with Crippen molar-refractivity contribution in [3.63, 3.8) is 0 Å². The average Bonchev–Trinajstić information content (AvgIpc) is 2.38. The van der Waals surface area contributed by atoms with Gasteiger partial charge in [-0.1, -0.05) is 44.5 Å². The maximum absolute atomic E-state index is 10.8. The number of carboxylic acid groups (broad SMARTS) is 1. The van der Waals surface area contributed by atoms with Crippen molar-refractivity contribution in [2.75, 3.05) is 0 Å². The van der Waals surface area contributed by atoms with Gasteiger partial charge in [0.05, 0.1) is 6.61 Å². The third-order valence-electron chi connectivity index (χ3n) is 2.94. The maximum Gasteiger partial charge on any atom is 0.332 e. The fourth-order valence-electron chi connectivity index (χ4n) is 1.74. The van der Waals surface area contributed by atoms with Crippen molar-refractivity contribution in [2.45, 2.75) is 52.2 Å². The number of hydrogen-bond acceptors (Lipinski definition) is 2. The Balaban J connectivity index is 2.45. The summed E-state index contributed by atoms with van der Waals surface area (Å²) in [7, 11) is 0. The second kappa shape index (κ2) is 7.88. The second-order valence-corrected chi connectivity index (χ2v) is 4.47. The van der Waals surface area contributed by atoms with Crippen molar-refractivity contribution in [1.82, 2.24) is 0 Å². The molecule has 1 aromatic rings. The van der Waals surface area contributed by atoms with Crippen LogP contribution in [0.3, 0.4) is 0 Å². The molecule has 18 heavy (non-hydrogen) atoms. The molecule has 0 saturated carbocycles. The zero-order chi connectivity index (χ0) is 13.4. The molecule has 1 N–H and O–H groups in total. The molecule has 3 heteroatoms. The third kappa shape index (κ3) is 4.88. The molecule has 0 aromatic heterocycles. The highest BCUT2D eigenvalue weighted by molar-refractivity contribution is 5.72. The SMILES string of the molecule is CCCCc1ccc(COC(CC)C(=O)O)cc1. The number of aryl methyl sites for hydroxylation is 1. The predicted molar refractivity (Wildman–Crippen MR) is 71.6 cm³/mol. The van der Waals surface area contributed by atoms with Crippen LogP contribution in [0.2, 0.25) is 0 Å². The summed E-state index contributed by atoms with van der Waals surface area (Å²) in [6.07, 6.45) is 3.28. The quantitative estimate of drug-likeness (QED) is 0.769. The molecule has 0 bridgehead atoms. The average molecular weight is 250 g/mol. The minimum Gasteiger partial charge on any atom is -0.479 e. The summed E-state index contributed by atoms with van der Waals surface area (Å²) in [4.78, 5) is 10.8. The van der Waals surface area contributed by atoms with E-state index < -0.39 is 12.1 Å². The molecule has 0 aliphatic carbocycles. The van der Waals surface area contributed by atoms with Crippen molar-refractivity contribution in [2.24, 2.45) is 0 Å². The van der Waals surface area contributed by atoms with Gasteiger partial charge in [-0.05, 0) is 30.4 Å². The Hall–Kier alpha value is -1.35. The van der Waals surface area contributed by atoms with Crippen LogP contribution in [0.5, 0.6) is 0 Å². The van der Waals surface area contributed by atoms with E-state index >= 15 is 0 Å². The number of carbonyl (C=O) groups is 1. The summed E-state index contributed by atoms with van der Waals surface area (Å²) < 4.78 is 5.36. The van der Waals surface area contributed by atoms with E-state index in [0.29, 0.717) is 13.0 Å². The lowest BCUT2D eigenvalue weighted by molar-refractivity contribution is -0.151. The first-order chi connectivity index (χ1) is 8.67. The lowest BCUT2D eigenvalue weighted by Crippen LogP contribution is -2.22. The molecule has 0 fully saturated rings. The van der Waals surface area contributed by atoms with Crippen LogP contribution in [0.25, 0.3) is 0 Å². The van der Waals surface area contributed by atoms with Gasteiger partial charge in [-0.15, -0.1) is 0 Å². The fraction of sp³-hybridized carbons (Fsp3) is 0.533. The second-order valence-electron chi connectivity index (χ2n) is 4.47. The van der Waals surface area contributed by atoms with Crippen molar-refractivity contribution < 1.29 is 14.6 Å². The van der Waals surface area contributed by atoms with E-state index in [2.05, 4.69) is 19.1 Å². The van der Waals surface area contributed by atoms with E-state index in [9.17, 15) is 4.79 Å². The topological polar surface area (TPSA) is 46.5 Å². The monoisotopic (exact) mass is 250 g/mol. The first-order valence-corrected chi connectivity index (χ1v) is 6.59. The van der Waals surface area contributed by atoms with Crippen LogP contribution >= 0.6 is 0 Å². The molecule has 0 spiro atoms. The molecule has 0 heterocycles. The summed E-state index contributed by atoms with van der Waals surface area (Å²) in [5.74, 6) is -0.892. The molecule has 0 radical (unpaired) electrons. The van der Waals surface area contributed by atoms with E-state index in [1.807, 2.05) is 19.1 Å². The van der Waals surface area contributed by atoms with Gasteiger partial charge in [-0.25, -0.2) is 4.79 Å². The largest absolute Gasteiger partial charge is 0.479 e. The minimum absolute atomic E-state index is 0.360. The molecule has 1 unspecified atom stereocenters. The standard InChI is InChI=1S/C15H22O3/c1-3-5-6-12-7-9-13(10-8-12)11-18-14(4-2)15(16)17/h7-10,14H,3-6,11H2,1-2H3,(H,16,17). The lowest BCUT2D eigenvalue weighted by Gasteiger charge is -2.11. The van der Waals surface area contributed by atoms with E-state index in [1.54, 1.807) is 0 Å². The molecule has 1 rings (SSSR count). The Morgan fingerprint density at radius 2 is 1.83 bits per heavy atom. The maximum atomic E-state index is 10.8. The van der Waals surface area contributed by atoms with Gasteiger partial charge in [0.15, 0.2) is 6.10 Å². The van der Waals surface area contributed by atoms with E-state index in [1.165, 1.54) is 18.4 Å². The van der Waals surface area contributed by atoms with Crippen LogP contribution in [0.15, 0.2) is 24.3 Å². The highest BCUT2D eigenvalue weighted by Crippen LogP contribution is 2.10. The van der Waals surface area contributed by atoms with E-state index in [4.69, 9.17) is 9.84 Å². The van der Waals surface area contributed by atoms with Crippen LogP contribution in [0.4, 0.5) is 0 Å². The predicted octanol–water partition coefficient (Wildman–Crippen LogP) is 3.41. The Morgan fingerprint density at radius 3 is 2.33 bits per heavy atom. The van der Waals surface area contributed by atoms with Gasteiger partial charge in [0.1, 0.15) is 0 Å². The normalized spacial score (nSPS) is 12.3. The summed E-state index contributed by atoms with van der Waals surface area (Å²) in [5.41, 5.74) is 2.35. The third-order valence-corrected chi connectivity index (χ3v) is 2.94. The van der Waals surface area contributed by atoms with Crippen LogP contribution < -0.4 is 0 Å². The molecule has 3 nitrogen and oxygen atoms in total. The summed E-state index contributed by atoms with van der Waals surface area (Å²) in [6.45, 7) is 4.35. The molecule has 100 valence electrons. The number of rotatable bonds is 8. The zero-order valence-electron chi connectivity index (χ0n) is 11.2. The number of unbranched alkanes of at least 4 members (excludes halogenated alkanes) is 1. The minimum atomic E-state index is -0.892. The van der Waals surface area contributed by atoms with Crippen LogP contribution in [-0.4, -0.2) is 17.2 Å². The molecule has 1 aromatic carbocycles. The number of carboxylic acids is 1. The molecule has 0 aliphatic heterocycles. The molecule has 1 atom stereocenters. The molecule has 0 amide bonds. The summed E-state index contributed by atoms with van der Waals surface area (Å²) in [5, 5.41) is 8.87. The van der Waals surface area contributed by atoms with Crippen LogP contribution in [0.1, 0.15) is 44.2 Å². The Labute approximate surface area is 109 Å². The highest BCUT2D eigenvalue weighted by Gasteiger charge is 2.14. The molecule has 0 saturated heterocycles. The van der Waals surface area contributed by atoms with E-state index in [0.717, 1.165) is 12.0 Å². The molecular formula is C15H22O3. The van der Waals surface area contributed by atoms with Gasteiger partial charge in [0.2, 0.25) is 0 Å². The zero-order valence-corrected chi connectivity index (χ0v) is 11.2. The fourth-order valence-corrected chi connectivity index (χ4v) is 1.74.